The lowest BCUT2D eigenvalue weighted by Crippen LogP contribution is -2.35. The van der Waals surface area contributed by atoms with Gasteiger partial charge in [0.15, 0.2) is 5.58 Å². The van der Waals surface area contributed by atoms with E-state index in [1.807, 2.05) is 72.5 Å². The normalized spacial score (nSPS) is 16.2. The number of aromatic nitrogens is 1. The quantitative estimate of drug-likeness (QED) is 0.450. The first-order valence-electron chi connectivity index (χ1n) is 11.0. The van der Waals surface area contributed by atoms with E-state index in [4.69, 9.17) is 9.40 Å². The number of likely N-dealkylation sites (tertiary alicyclic amines) is 1. The number of hydrogen-bond donors (Lipinski definition) is 1. The largest absolute Gasteiger partial charge is 0.480 e. The molecule has 6 heteroatoms. The predicted octanol–water partition coefficient (Wildman–Crippen LogP) is 5.39. The molecule has 6 nitrogen and oxygen atoms in total. The van der Waals surface area contributed by atoms with E-state index in [1.165, 1.54) is 0 Å². The molecule has 0 saturated carbocycles. The number of carboxylic acid groups (broad SMARTS) is 1. The maximum absolute atomic E-state index is 11.6. The first-order chi connectivity index (χ1) is 16.0. The summed E-state index contributed by atoms with van der Waals surface area (Å²) in [5.41, 5.74) is 6.39. The molecular formula is C27H23N3O3. The van der Waals surface area contributed by atoms with Gasteiger partial charge in [-0.3, -0.25) is 9.69 Å². The number of fused-ring (bicyclic) bond motifs is 1. The molecule has 1 atom stereocenters. The Morgan fingerprint density at radius 1 is 1.18 bits per heavy atom. The maximum atomic E-state index is 11.6. The Balaban J connectivity index is 1.53. The van der Waals surface area contributed by atoms with Gasteiger partial charge in [0.25, 0.3) is 0 Å². The number of carbonyl (C=O) groups is 1. The molecule has 0 spiro atoms. The minimum atomic E-state index is -0.766. The number of hydrogen-bond acceptors (Lipinski definition) is 5. The fourth-order valence-corrected chi connectivity index (χ4v) is 4.63. The molecule has 2 heterocycles. The summed E-state index contributed by atoms with van der Waals surface area (Å²) in [6.07, 6.45) is 1.57. The molecule has 4 aromatic rings. The van der Waals surface area contributed by atoms with E-state index >= 15 is 0 Å². The number of benzene rings is 3. The first kappa shape index (κ1) is 20.9. The van der Waals surface area contributed by atoms with Gasteiger partial charge >= 0.3 is 5.97 Å². The summed E-state index contributed by atoms with van der Waals surface area (Å²) < 4.78 is 6.08. The van der Waals surface area contributed by atoms with Crippen LogP contribution in [0.4, 0.5) is 0 Å². The molecular weight excluding hydrogens is 414 g/mol. The number of aryl methyl sites for hydroxylation is 1. The van der Waals surface area contributed by atoms with Crippen molar-refractivity contribution in [2.45, 2.75) is 32.4 Å². The number of rotatable bonds is 5. The molecule has 5 rings (SSSR count). The third kappa shape index (κ3) is 3.88. The third-order valence-electron chi connectivity index (χ3n) is 6.36. The first-order valence-corrected chi connectivity index (χ1v) is 11.0. The highest BCUT2D eigenvalue weighted by Gasteiger charge is 2.30. The van der Waals surface area contributed by atoms with E-state index in [1.54, 1.807) is 0 Å². The Kier molecular flexibility index (Phi) is 5.41. The van der Waals surface area contributed by atoms with E-state index in [0.717, 1.165) is 35.2 Å². The highest BCUT2D eigenvalue weighted by molar-refractivity contribution is 5.83. The molecule has 164 valence electrons. The van der Waals surface area contributed by atoms with Gasteiger partial charge < -0.3 is 9.52 Å². The van der Waals surface area contributed by atoms with Gasteiger partial charge in [0.2, 0.25) is 5.89 Å². The van der Waals surface area contributed by atoms with Crippen molar-refractivity contribution < 1.29 is 14.3 Å². The highest BCUT2D eigenvalue weighted by Crippen LogP contribution is 2.34. The summed E-state index contributed by atoms with van der Waals surface area (Å²) >= 11 is 0. The van der Waals surface area contributed by atoms with Crippen LogP contribution in [0.5, 0.6) is 0 Å². The van der Waals surface area contributed by atoms with Gasteiger partial charge in [0.1, 0.15) is 17.6 Å². The molecule has 1 aliphatic heterocycles. The van der Waals surface area contributed by atoms with Crippen LogP contribution in [0, 0.1) is 18.3 Å². The summed E-state index contributed by atoms with van der Waals surface area (Å²) in [6.45, 7) is 3.34. The average Bonchev–Trinajstić information content (AvgIpc) is 3.46. The second-order valence-corrected chi connectivity index (χ2v) is 8.44. The average molecular weight is 437 g/mol. The van der Waals surface area contributed by atoms with Gasteiger partial charge in [-0.05, 0) is 61.2 Å². The van der Waals surface area contributed by atoms with Gasteiger partial charge in [-0.25, -0.2) is 4.98 Å². The number of aliphatic carboxylic acids is 1. The summed E-state index contributed by atoms with van der Waals surface area (Å²) in [6, 6.07) is 21.3. The van der Waals surface area contributed by atoms with Gasteiger partial charge in [0, 0.05) is 12.1 Å². The fourth-order valence-electron chi connectivity index (χ4n) is 4.63. The number of nitrogens with zero attached hydrogens (tertiary/aromatic N) is 3. The second kappa shape index (κ2) is 8.53. The molecule has 0 radical (unpaired) electrons. The zero-order valence-corrected chi connectivity index (χ0v) is 18.3. The molecule has 1 fully saturated rings. The molecule has 0 bridgehead atoms. The molecule has 0 aliphatic carbocycles. The minimum absolute atomic E-state index is 0.403. The number of nitriles is 1. The summed E-state index contributed by atoms with van der Waals surface area (Å²) in [5, 5.41) is 19.4. The van der Waals surface area contributed by atoms with Gasteiger partial charge in [0.05, 0.1) is 11.1 Å². The molecule has 0 unspecified atom stereocenters. The number of carboxylic acids is 1. The van der Waals surface area contributed by atoms with Gasteiger partial charge in [-0.1, -0.05) is 42.5 Å². The van der Waals surface area contributed by atoms with Gasteiger partial charge in [-0.2, -0.15) is 5.26 Å². The van der Waals surface area contributed by atoms with Crippen LogP contribution < -0.4 is 0 Å². The molecule has 1 aliphatic rings. The van der Waals surface area contributed by atoms with Crippen molar-refractivity contribution in [2.24, 2.45) is 0 Å². The van der Waals surface area contributed by atoms with E-state index in [-0.39, 0.29) is 0 Å². The van der Waals surface area contributed by atoms with E-state index in [9.17, 15) is 15.2 Å². The van der Waals surface area contributed by atoms with Crippen molar-refractivity contribution in [1.29, 1.82) is 5.26 Å². The van der Waals surface area contributed by atoms with Crippen LogP contribution in [-0.4, -0.2) is 33.5 Å². The van der Waals surface area contributed by atoms with E-state index < -0.39 is 12.0 Å². The Bertz CT molecular complexity index is 1390. The standard InChI is InChI=1S/C27H23N3O3/c1-17-13-25-23(14-19(17)16-30-12-6-11-24(30)27(31)32)29-26(33-25)21-10-5-9-20(22(21)15-28)18-7-3-2-4-8-18/h2-5,7-10,13-14,24H,6,11-12,16H2,1H3,(H,31,32)/t24-/m0/s1. The van der Waals surface area contributed by atoms with Crippen LogP contribution in [0.3, 0.4) is 0 Å². The lowest BCUT2D eigenvalue weighted by molar-refractivity contribution is -0.142. The van der Waals surface area contributed by atoms with Crippen molar-refractivity contribution in [3.05, 3.63) is 77.4 Å². The zero-order valence-electron chi connectivity index (χ0n) is 18.3. The van der Waals surface area contributed by atoms with Crippen LogP contribution in [0.1, 0.15) is 29.5 Å². The van der Waals surface area contributed by atoms with E-state index in [2.05, 4.69) is 6.07 Å². The van der Waals surface area contributed by atoms with Crippen molar-refractivity contribution in [3.8, 4) is 28.7 Å². The second-order valence-electron chi connectivity index (χ2n) is 8.44. The number of oxazole rings is 1. The van der Waals surface area contributed by atoms with Crippen LogP contribution >= 0.6 is 0 Å². The summed E-state index contributed by atoms with van der Waals surface area (Å²) in [5.74, 6) is -0.363. The maximum Gasteiger partial charge on any atom is 0.320 e. The van der Waals surface area contributed by atoms with Crippen molar-refractivity contribution in [2.75, 3.05) is 6.54 Å². The van der Waals surface area contributed by atoms with Crippen molar-refractivity contribution in [1.82, 2.24) is 9.88 Å². The minimum Gasteiger partial charge on any atom is -0.480 e. The van der Waals surface area contributed by atoms with E-state index in [0.29, 0.717) is 41.1 Å². The topological polar surface area (TPSA) is 90.4 Å². The molecule has 33 heavy (non-hydrogen) atoms. The monoisotopic (exact) mass is 437 g/mol. The Labute approximate surface area is 191 Å². The Hall–Kier alpha value is -3.95. The Morgan fingerprint density at radius 2 is 1.97 bits per heavy atom. The fraction of sp³-hybridized carbons (Fsp3) is 0.222. The lowest BCUT2D eigenvalue weighted by Gasteiger charge is -2.21. The Morgan fingerprint density at radius 3 is 2.73 bits per heavy atom. The van der Waals surface area contributed by atoms with Gasteiger partial charge in [-0.15, -0.1) is 0 Å². The smallest absolute Gasteiger partial charge is 0.320 e. The third-order valence-corrected chi connectivity index (χ3v) is 6.36. The van der Waals surface area contributed by atoms with Crippen LogP contribution in [0.25, 0.3) is 33.7 Å². The van der Waals surface area contributed by atoms with Crippen LogP contribution in [0.15, 0.2) is 65.1 Å². The molecule has 1 aromatic heterocycles. The SMILES string of the molecule is Cc1cc2oc(-c3cccc(-c4ccccc4)c3C#N)nc2cc1CN1CCC[C@H]1C(=O)O. The van der Waals surface area contributed by atoms with Crippen LogP contribution in [0.2, 0.25) is 0 Å². The van der Waals surface area contributed by atoms with Crippen LogP contribution in [-0.2, 0) is 11.3 Å². The zero-order chi connectivity index (χ0) is 22.9. The van der Waals surface area contributed by atoms with Crippen molar-refractivity contribution in [3.63, 3.8) is 0 Å². The molecule has 3 aromatic carbocycles. The summed E-state index contributed by atoms with van der Waals surface area (Å²) in [7, 11) is 0. The molecule has 1 N–H and O–H groups in total. The molecule has 1 saturated heterocycles. The lowest BCUT2D eigenvalue weighted by atomic mass is 9.96. The highest BCUT2D eigenvalue weighted by atomic mass is 16.4. The molecule has 0 amide bonds. The van der Waals surface area contributed by atoms with Crippen molar-refractivity contribution >= 4 is 17.1 Å². The summed E-state index contributed by atoms with van der Waals surface area (Å²) in [4.78, 5) is 18.3. The predicted molar refractivity (Wildman–Crippen MR) is 125 cm³/mol.